The van der Waals surface area contributed by atoms with Crippen molar-refractivity contribution >= 4 is 6.03 Å². The molecule has 18 heavy (non-hydrogen) atoms. The summed E-state index contributed by atoms with van der Waals surface area (Å²) < 4.78 is 0. The van der Waals surface area contributed by atoms with Crippen LogP contribution in [0.3, 0.4) is 0 Å². The quantitative estimate of drug-likeness (QED) is 0.778. The summed E-state index contributed by atoms with van der Waals surface area (Å²) in [4.78, 5) is 13.9. The Kier molecular flexibility index (Phi) is 3.22. The molecule has 0 aromatic heterocycles. The van der Waals surface area contributed by atoms with Crippen LogP contribution in [0.1, 0.15) is 32.6 Å². The Morgan fingerprint density at radius 2 is 1.94 bits per heavy atom. The molecule has 0 aliphatic heterocycles. The molecule has 2 amide bonds. The Morgan fingerprint density at radius 1 is 1.28 bits per heavy atom. The molecule has 0 aromatic rings. The van der Waals surface area contributed by atoms with Crippen molar-refractivity contribution in [3.63, 3.8) is 0 Å². The van der Waals surface area contributed by atoms with Gasteiger partial charge in [-0.2, -0.15) is 0 Å². The minimum absolute atomic E-state index is 0.0321. The third-order valence-corrected chi connectivity index (χ3v) is 5.18. The fourth-order valence-corrected chi connectivity index (χ4v) is 4.46. The highest BCUT2D eigenvalue weighted by Crippen LogP contribution is 2.65. The number of nitrogens with zero attached hydrogens (tertiary/aromatic N) is 1. The van der Waals surface area contributed by atoms with Crippen LogP contribution in [0.15, 0.2) is 0 Å². The lowest BCUT2D eigenvalue weighted by molar-refractivity contribution is 0.175. The summed E-state index contributed by atoms with van der Waals surface area (Å²) in [5.41, 5.74) is 0. The number of aliphatic hydroxyl groups excluding tert-OH is 1. The van der Waals surface area contributed by atoms with Crippen LogP contribution in [0.5, 0.6) is 0 Å². The van der Waals surface area contributed by atoms with E-state index >= 15 is 0 Å². The van der Waals surface area contributed by atoms with E-state index in [2.05, 4.69) is 12.2 Å². The van der Waals surface area contributed by atoms with E-state index in [1.54, 1.807) is 4.90 Å². The van der Waals surface area contributed by atoms with Crippen molar-refractivity contribution in [1.82, 2.24) is 10.2 Å². The number of carbonyl (C=O) groups is 1. The van der Waals surface area contributed by atoms with Gasteiger partial charge < -0.3 is 15.3 Å². The van der Waals surface area contributed by atoms with Crippen LogP contribution < -0.4 is 5.32 Å². The maximum Gasteiger partial charge on any atom is 0.317 e. The summed E-state index contributed by atoms with van der Waals surface area (Å²) >= 11 is 0. The lowest BCUT2D eigenvalue weighted by Gasteiger charge is -2.22. The Hall–Kier alpha value is -0.770. The molecule has 2 N–H and O–H groups in total. The van der Waals surface area contributed by atoms with E-state index in [4.69, 9.17) is 5.11 Å². The minimum Gasteiger partial charge on any atom is -0.395 e. The highest BCUT2D eigenvalue weighted by atomic mass is 16.3. The van der Waals surface area contributed by atoms with E-state index in [9.17, 15) is 4.79 Å². The summed E-state index contributed by atoms with van der Waals surface area (Å²) in [6.07, 6.45) is 5.12. The van der Waals surface area contributed by atoms with Crippen LogP contribution >= 0.6 is 0 Å². The number of nitrogens with one attached hydrogen (secondary N) is 1. The van der Waals surface area contributed by atoms with Crippen LogP contribution in [0, 0.1) is 23.7 Å². The van der Waals surface area contributed by atoms with E-state index in [0.29, 0.717) is 12.6 Å². The lowest BCUT2D eigenvalue weighted by atomic mass is 10.0. The Balaban J connectivity index is 1.52. The minimum atomic E-state index is 0.0321. The number of hydrogen-bond donors (Lipinski definition) is 2. The number of amides is 2. The first-order valence-electron chi connectivity index (χ1n) is 7.42. The number of urea groups is 1. The molecule has 0 saturated heterocycles. The van der Waals surface area contributed by atoms with Crippen LogP contribution in [0.25, 0.3) is 0 Å². The number of rotatable bonds is 5. The predicted octanol–water partition coefficient (Wildman–Crippen LogP) is 1.44. The third-order valence-electron chi connectivity index (χ3n) is 5.18. The molecular weight excluding hydrogens is 228 g/mol. The van der Waals surface area contributed by atoms with Crippen molar-refractivity contribution in [2.75, 3.05) is 19.7 Å². The molecule has 0 aromatic carbocycles. The van der Waals surface area contributed by atoms with Gasteiger partial charge in [0.1, 0.15) is 0 Å². The van der Waals surface area contributed by atoms with E-state index < -0.39 is 0 Å². The van der Waals surface area contributed by atoms with E-state index in [1.165, 1.54) is 19.3 Å². The van der Waals surface area contributed by atoms with Gasteiger partial charge in [-0.3, -0.25) is 0 Å². The lowest BCUT2D eigenvalue weighted by Crippen LogP contribution is -2.44. The van der Waals surface area contributed by atoms with Gasteiger partial charge in [-0.05, 0) is 49.4 Å². The first-order valence-corrected chi connectivity index (χ1v) is 7.42. The van der Waals surface area contributed by atoms with Crippen LogP contribution in [0.4, 0.5) is 4.79 Å². The molecule has 3 saturated carbocycles. The fourth-order valence-electron chi connectivity index (χ4n) is 4.46. The molecule has 3 fully saturated rings. The molecule has 3 aliphatic carbocycles. The average Bonchev–Trinajstić information content (AvgIpc) is 2.75. The van der Waals surface area contributed by atoms with E-state index in [1.807, 2.05) is 0 Å². The van der Waals surface area contributed by atoms with Gasteiger partial charge in [0.25, 0.3) is 0 Å². The van der Waals surface area contributed by atoms with Gasteiger partial charge in [0, 0.05) is 19.1 Å². The molecule has 0 heterocycles. The first kappa shape index (κ1) is 12.3. The molecule has 4 atom stereocenters. The van der Waals surface area contributed by atoms with Crippen molar-refractivity contribution in [3.8, 4) is 0 Å². The number of fused-ring (bicyclic) bond motifs is 5. The Morgan fingerprint density at radius 3 is 2.50 bits per heavy atom. The Labute approximate surface area is 109 Å². The number of hydrogen-bond acceptors (Lipinski definition) is 2. The van der Waals surface area contributed by atoms with Gasteiger partial charge in [-0.25, -0.2) is 4.79 Å². The molecule has 4 heteroatoms. The molecule has 0 spiro atoms. The van der Waals surface area contributed by atoms with Gasteiger partial charge in [-0.1, -0.05) is 6.92 Å². The van der Waals surface area contributed by atoms with Gasteiger partial charge in [0.15, 0.2) is 0 Å². The normalized spacial score (nSPS) is 39.6. The van der Waals surface area contributed by atoms with Gasteiger partial charge in [0.05, 0.1) is 6.61 Å². The van der Waals surface area contributed by atoms with Crippen molar-refractivity contribution < 1.29 is 9.90 Å². The van der Waals surface area contributed by atoms with Gasteiger partial charge in [-0.15, -0.1) is 0 Å². The molecule has 4 nitrogen and oxygen atoms in total. The highest BCUT2D eigenvalue weighted by molar-refractivity contribution is 5.75. The zero-order valence-electron chi connectivity index (χ0n) is 11.1. The van der Waals surface area contributed by atoms with E-state index in [0.717, 1.165) is 36.6 Å². The summed E-state index contributed by atoms with van der Waals surface area (Å²) in [5, 5.41) is 12.2. The standard InChI is InChI=1S/C14H24N2O2/c1-2-5-16(6-7-17)14(18)15-13-11-9-3-4-10(8-9)12(11)13/h9-13,17H,2-8H2,1H3,(H,15,18). The predicted molar refractivity (Wildman–Crippen MR) is 69.1 cm³/mol. The van der Waals surface area contributed by atoms with Crippen LogP contribution in [-0.2, 0) is 0 Å². The third kappa shape index (κ3) is 1.91. The molecule has 3 aliphatic rings. The maximum atomic E-state index is 12.1. The van der Waals surface area contributed by atoms with Crippen LogP contribution in [0.2, 0.25) is 0 Å². The monoisotopic (exact) mass is 252 g/mol. The molecule has 0 radical (unpaired) electrons. The first-order chi connectivity index (χ1) is 8.76. The molecule has 3 rings (SSSR count). The SMILES string of the molecule is CCCN(CCO)C(=O)NC1C2C3CCC(C3)C12. The van der Waals surface area contributed by atoms with Gasteiger partial charge >= 0.3 is 6.03 Å². The van der Waals surface area contributed by atoms with Crippen molar-refractivity contribution in [3.05, 3.63) is 0 Å². The molecule has 4 unspecified atom stereocenters. The summed E-state index contributed by atoms with van der Waals surface area (Å²) in [5.74, 6) is 3.35. The molecule has 2 bridgehead atoms. The average molecular weight is 252 g/mol. The van der Waals surface area contributed by atoms with Crippen molar-refractivity contribution in [2.24, 2.45) is 23.7 Å². The van der Waals surface area contributed by atoms with Crippen molar-refractivity contribution in [2.45, 2.75) is 38.6 Å². The molecule has 102 valence electrons. The maximum absolute atomic E-state index is 12.1. The topological polar surface area (TPSA) is 52.6 Å². The second kappa shape index (κ2) is 4.72. The van der Waals surface area contributed by atoms with Crippen LogP contribution in [-0.4, -0.2) is 41.8 Å². The Bertz CT molecular complexity index is 312. The largest absolute Gasteiger partial charge is 0.395 e. The van der Waals surface area contributed by atoms with E-state index in [-0.39, 0.29) is 12.6 Å². The number of carbonyl (C=O) groups excluding carboxylic acids is 1. The smallest absolute Gasteiger partial charge is 0.317 e. The second-order valence-electron chi connectivity index (χ2n) is 6.17. The van der Waals surface area contributed by atoms with Gasteiger partial charge in [0.2, 0.25) is 0 Å². The summed E-state index contributed by atoms with van der Waals surface area (Å²) in [6.45, 7) is 3.30. The highest BCUT2D eigenvalue weighted by Gasteiger charge is 2.65. The second-order valence-corrected chi connectivity index (χ2v) is 6.17. The molecular formula is C14H24N2O2. The summed E-state index contributed by atoms with van der Waals surface area (Å²) in [6, 6.07) is 0.478. The zero-order chi connectivity index (χ0) is 12.7. The number of aliphatic hydroxyl groups is 1. The summed E-state index contributed by atoms with van der Waals surface area (Å²) in [7, 11) is 0. The fraction of sp³-hybridized carbons (Fsp3) is 0.929. The zero-order valence-corrected chi connectivity index (χ0v) is 11.1. The van der Waals surface area contributed by atoms with Crippen molar-refractivity contribution in [1.29, 1.82) is 0 Å².